The van der Waals surface area contributed by atoms with Crippen LogP contribution >= 0.6 is 0 Å². The maximum Gasteiger partial charge on any atom is 0.122 e. The first kappa shape index (κ1) is 13.1. The highest BCUT2D eigenvalue weighted by Crippen LogP contribution is 2.36. The smallest absolute Gasteiger partial charge is 0.0673 e. The van der Waals surface area contributed by atoms with Crippen molar-refractivity contribution in [3.05, 3.63) is 72.8 Å². The molecular weight excluding hydrogens is 292 g/mol. The molecular formula is C22H17Si. The third-order valence-electron chi connectivity index (χ3n) is 5.11. The Balaban J connectivity index is 2.01. The first-order valence-electron chi connectivity index (χ1n) is 8.29. The zero-order valence-electron chi connectivity index (χ0n) is 13.1. The molecule has 1 radical (unpaired) electrons. The van der Waals surface area contributed by atoms with Crippen LogP contribution in [0.4, 0.5) is 0 Å². The van der Waals surface area contributed by atoms with Gasteiger partial charge in [0.25, 0.3) is 0 Å². The van der Waals surface area contributed by atoms with Gasteiger partial charge in [-0.3, -0.25) is 0 Å². The Kier molecular flexibility index (Phi) is 2.74. The lowest BCUT2D eigenvalue weighted by Crippen LogP contribution is -2.36. The molecule has 0 spiro atoms. The van der Waals surface area contributed by atoms with E-state index in [4.69, 9.17) is 0 Å². The maximum atomic E-state index is 2.39. The van der Waals surface area contributed by atoms with Gasteiger partial charge in [0.05, 0.1) is 0 Å². The molecule has 4 aromatic carbocycles. The number of rotatable bonds is 1. The maximum absolute atomic E-state index is 2.39. The van der Waals surface area contributed by atoms with Crippen molar-refractivity contribution in [1.29, 1.82) is 0 Å². The Morgan fingerprint density at radius 2 is 1.09 bits per heavy atom. The zero-order valence-corrected chi connectivity index (χ0v) is 14.1. The van der Waals surface area contributed by atoms with Gasteiger partial charge in [-0.1, -0.05) is 85.8 Å². The summed E-state index contributed by atoms with van der Waals surface area (Å²) in [5, 5.41) is 8.73. The molecule has 0 bridgehead atoms. The topological polar surface area (TPSA) is 0 Å². The third-order valence-corrected chi connectivity index (χ3v) is 7.95. The lowest BCUT2D eigenvalue weighted by atomic mass is 9.94. The van der Waals surface area contributed by atoms with E-state index in [1.165, 1.54) is 38.7 Å². The van der Waals surface area contributed by atoms with E-state index < -0.39 is 8.80 Å². The summed E-state index contributed by atoms with van der Waals surface area (Å²) in [6.45, 7) is 2.34. The summed E-state index contributed by atoms with van der Waals surface area (Å²) in [4.78, 5) is 0. The fourth-order valence-electron chi connectivity index (χ4n) is 4.11. The number of hydrogen-bond donors (Lipinski definition) is 0. The second-order valence-electron chi connectivity index (χ2n) is 6.25. The molecule has 1 heteroatoms. The van der Waals surface area contributed by atoms with Gasteiger partial charge < -0.3 is 0 Å². The number of hydrogen-bond acceptors (Lipinski definition) is 0. The van der Waals surface area contributed by atoms with Crippen LogP contribution in [0.2, 0.25) is 6.04 Å². The van der Waals surface area contributed by atoms with Crippen molar-refractivity contribution in [3.63, 3.8) is 0 Å². The zero-order chi connectivity index (χ0) is 15.4. The van der Waals surface area contributed by atoms with E-state index in [1.54, 1.807) is 10.4 Å². The molecule has 0 amide bonds. The Morgan fingerprint density at radius 3 is 1.57 bits per heavy atom. The van der Waals surface area contributed by atoms with Crippen LogP contribution in [-0.2, 0) is 0 Å². The van der Waals surface area contributed by atoms with E-state index in [2.05, 4.69) is 79.7 Å². The Morgan fingerprint density at radius 1 is 0.609 bits per heavy atom. The molecule has 1 aliphatic rings. The molecule has 0 unspecified atom stereocenters. The fourth-order valence-corrected chi connectivity index (χ4v) is 6.85. The van der Waals surface area contributed by atoms with Gasteiger partial charge in [0, 0.05) is 0 Å². The van der Waals surface area contributed by atoms with Crippen LogP contribution in [0.3, 0.4) is 0 Å². The molecule has 1 aliphatic heterocycles. The largest absolute Gasteiger partial charge is 0.122 e. The lowest BCUT2D eigenvalue weighted by molar-refractivity contribution is 1.44. The van der Waals surface area contributed by atoms with E-state index >= 15 is 0 Å². The van der Waals surface area contributed by atoms with Crippen LogP contribution in [-0.4, -0.2) is 8.80 Å². The summed E-state index contributed by atoms with van der Waals surface area (Å²) in [5.74, 6) is 0. The van der Waals surface area contributed by atoms with Gasteiger partial charge in [-0.15, -0.1) is 0 Å². The highest BCUT2D eigenvalue weighted by Gasteiger charge is 2.31. The number of fused-ring (bicyclic) bond motifs is 7. The van der Waals surface area contributed by atoms with Crippen molar-refractivity contribution in [2.75, 3.05) is 0 Å². The predicted octanol–water partition coefficient (Wildman–Crippen LogP) is 4.60. The van der Waals surface area contributed by atoms with Crippen molar-refractivity contribution in [3.8, 4) is 11.1 Å². The van der Waals surface area contributed by atoms with E-state index in [9.17, 15) is 0 Å². The van der Waals surface area contributed by atoms with Crippen LogP contribution in [0.15, 0.2) is 72.8 Å². The van der Waals surface area contributed by atoms with Gasteiger partial charge in [0.1, 0.15) is 8.80 Å². The minimum absolute atomic E-state index is 0.646. The molecule has 5 rings (SSSR count). The molecule has 0 atom stereocenters. The summed E-state index contributed by atoms with van der Waals surface area (Å²) in [7, 11) is -0.646. The van der Waals surface area contributed by atoms with Crippen molar-refractivity contribution in [2.24, 2.45) is 0 Å². The minimum atomic E-state index is -0.646. The molecule has 0 saturated heterocycles. The average molecular weight is 309 g/mol. The van der Waals surface area contributed by atoms with Crippen LogP contribution in [0.5, 0.6) is 0 Å². The quantitative estimate of drug-likeness (QED) is 0.451. The monoisotopic (exact) mass is 309 g/mol. The molecule has 0 fully saturated rings. The first-order chi connectivity index (χ1) is 11.4. The highest BCUT2D eigenvalue weighted by molar-refractivity contribution is 6.90. The molecule has 4 aromatic rings. The Hall–Kier alpha value is -2.38. The van der Waals surface area contributed by atoms with Gasteiger partial charge in [-0.2, -0.15) is 0 Å². The Bertz CT molecular complexity index is 977. The highest BCUT2D eigenvalue weighted by atomic mass is 28.3. The second kappa shape index (κ2) is 4.80. The second-order valence-corrected chi connectivity index (χ2v) is 8.99. The molecule has 0 N–H and O–H groups in total. The van der Waals surface area contributed by atoms with E-state index in [-0.39, 0.29) is 0 Å². The molecule has 109 valence electrons. The predicted molar refractivity (Wildman–Crippen MR) is 102 cm³/mol. The molecule has 1 heterocycles. The van der Waals surface area contributed by atoms with Gasteiger partial charge in [-0.25, -0.2) is 0 Å². The van der Waals surface area contributed by atoms with Gasteiger partial charge >= 0.3 is 0 Å². The molecule has 0 nitrogen and oxygen atoms in total. The summed E-state index contributed by atoms with van der Waals surface area (Å²) in [5.41, 5.74) is 3.01. The van der Waals surface area contributed by atoms with Crippen LogP contribution < -0.4 is 10.4 Å². The molecule has 0 aromatic heterocycles. The van der Waals surface area contributed by atoms with E-state index in [0.717, 1.165) is 0 Å². The lowest BCUT2D eigenvalue weighted by Gasteiger charge is -2.10. The fraction of sp³-hybridized carbons (Fsp3) is 0.0909. The van der Waals surface area contributed by atoms with Crippen molar-refractivity contribution in [1.82, 2.24) is 0 Å². The summed E-state index contributed by atoms with van der Waals surface area (Å²) in [6.07, 6.45) is 0. The molecule has 23 heavy (non-hydrogen) atoms. The first-order valence-corrected chi connectivity index (χ1v) is 9.99. The SMILES string of the molecule is CC[Si]1c2ccc3ccccc3c2-c2c1ccc1ccccc21. The third kappa shape index (κ3) is 1.71. The van der Waals surface area contributed by atoms with Gasteiger partial charge in [-0.05, 0) is 43.0 Å². The summed E-state index contributed by atoms with van der Waals surface area (Å²) in [6, 6.07) is 28.3. The molecule has 0 aliphatic carbocycles. The van der Waals surface area contributed by atoms with E-state index in [0.29, 0.717) is 0 Å². The van der Waals surface area contributed by atoms with Crippen LogP contribution in [0, 0.1) is 0 Å². The van der Waals surface area contributed by atoms with Gasteiger partial charge in [0.2, 0.25) is 0 Å². The summed E-state index contributed by atoms with van der Waals surface area (Å²) >= 11 is 0. The standard InChI is InChI=1S/C22H17Si/c1-2-23-19-13-11-15-7-3-5-9-17(15)21(19)22-18-10-6-4-8-16(18)12-14-20(22)23/h3-14H,2H2,1H3. The van der Waals surface area contributed by atoms with E-state index in [1.807, 2.05) is 0 Å². The molecule has 0 saturated carbocycles. The minimum Gasteiger partial charge on any atom is -0.0673 e. The van der Waals surface area contributed by atoms with Crippen LogP contribution in [0.1, 0.15) is 6.92 Å². The Labute approximate surface area is 138 Å². The summed E-state index contributed by atoms with van der Waals surface area (Å²) < 4.78 is 0. The van der Waals surface area contributed by atoms with Crippen LogP contribution in [0.25, 0.3) is 32.7 Å². The van der Waals surface area contributed by atoms with Gasteiger partial charge in [0.15, 0.2) is 0 Å². The van der Waals surface area contributed by atoms with Crippen molar-refractivity contribution >= 4 is 40.7 Å². The average Bonchev–Trinajstić information content (AvgIpc) is 2.96. The normalized spacial score (nSPS) is 13.4. The van der Waals surface area contributed by atoms with Crippen molar-refractivity contribution < 1.29 is 0 Å². The van der Waals surface area contributed by atoms with Crippen molar-refractivity contribution in [2.45, 2.75) is 13.0 Å². The number of benzene rings is 4.